The van der Waals surface area contributed by atoms with Gasteiger partial charge in [0.1, 0.15) is 6.10 Å². The van der Waals surface area contributed by atoms with E-state index >= 15 is 0 Å². The van der Waals surface area contributed by atoms with E-state index in [4.69, 9.17) is 18.8 Å². The van der Waals surface area contributed by atoms with Crippen molar-refractivity contribution in [2.24, 2.45) is 5.14 Å². The molecule has 2 atom stereocenters. The lowest BCUT2D eigenvalue weighted by molar-refractivity contribution is -0.170. The summed E-state index contributed by atoms with van der Waals surface area (Å²) in [6.45, 7) is -0.113. The van der Waals surface area contributed by atoms with E-state index in [-0.39, 0.29) is 12.7 Å². The van der Waals surface area contributed by atoms with Crippen molar-refractivity contribution in [3.8, 4) is 0 Å². The van der Waals surface area contributed by atoms with Crippen LogP contribution in [0.2, 0.25) is 0 Å². The number of ether oxygens (including phenoxy) is 2. The summed E-state index contributed by atoms with van der Waals surface area (Å²) in [5.41, 5.74) is 1.12. The number of rotatable bonds is 5. The standard InChI is InChI=1S/C15H21NO5S/c16-22(17,18)19-11-14-13(10-12-6-2-1-3-7-12)20-15(21-14)8-4-5-9-15/h1-3,6-7,13-14H,4-5,8-11H2,(H2,16,17,18)/t13-,14-/m1/s1. The van der Waals surface area contributed by atoms with E-state index in [1.807, 2.05) is 30.3 Å². The Morgan fingerprint density at radius 3 is 2.41 bits per heavy atom. The van der Waals surface area contributed by atoms with Crippen LogP contribution < -0.4 is 5.14 Å². The summed E-state index contributed by atoms with van der Waals surface area (Å²) in [5, 5.41) is 4.91. The Balaban J connectivity index is 1.71. The molecule has 1 aromatic rings. The highest BCUT2D eigenvalue weighted by atomic mass is 32.2. The van der Waals surface area contributed by atoms with Crippen LogP contribution in [0.3, 0.4) is 0 Å². The van der Waals surface area contributed by atoms with Crippen LogP contribution in [-0.4, -0.2) is 33.0 Å². The summed E-state index contributed by atoms with van der Waals surface area (Å²) in [7, 11) is -3.98. The Hall–Kier alpha value is -0.990. The molecule has 0 unspecified atom stereocenters. The summed E-state index contributed by atoms with van der Waals surface area (Å²) in [5.74, 6) is -0.578. The second-order valence-corrected chi connectivity index (χ2v) is 7.12. The Labute approximate surface area is 130 Å². The van der Waals surface area contributed by atoms with Crippen molar-refractivity contribution in [3.63, 3.8) is 0 Å². The lowest BCUT2D eigenvalue weighted by Gasteiger charge is -2.22. The van der Waals surface area contributed by atoms with Gasteiger partial charge in [-0.05, 0) is 18.4 Å². The molecule has 1 saturated heterocycles. The maximum absolute atomic E-state index is 11.0. The molecule has 1 spiro atoms. The van der Waals surface area contributed by atoms with E-state index in [1.165, 1.54) is 0 Å². The average Bonchev–Trinajstić information content (AvgIpc) is 3.05. The van der Waals surface area contributed by atoms with Gasteiger partial charge in [-0.25, -0.2) is 5.14 Å². The zero-order chi connectivity index (χ0) is 15.6. The molecular weight excluding hydrogens is 306 g/mol. The minimum absolute atomic E-state index is 0.113. The van der Waals surface area contributed by atoms with Crippen LogP contribution in [-0.2, 0) is 30.4 Å². The Kier molecular flexibility index (Phi) is 4.52. The summed E-state index contributed by atoms with van der Waals surface area (Å²) < 4.78 is 39.0. The second kappa shape index (κ2) is 6.25. The highest BCUT2D eigenvalue weighted by Gasteiger charge is 2.49. The molecule has 7 heteroatoms. The molecule has 22 heavy (non-hydrogen) atoms. The van der Waals surface area contributed by atoms with E-state index in [1.54, 1.807) is 0 Å². The predicted octanol–water partition coefficient (Wildman–Crippen LogP) is 1.50. The van der Waals surface area contributed by atoms with Crippen molar-refractivity contribution in [2.75, 3.05) is 6.61 Å². The number of hydrogen-bond acceptors (Lipinski definition) is 5. The second-order valence-electron chi connectivity index (χ2n) is 5.90. The molecule has 1 saturated carbocycles. The van der Waals surface area contributed by atoms with Crippen LogP contribution in [0.4, 0.5) is 0 Å². The fourth-order valence-corrected chi connectivity index (χ4v) is 3.53. The molecule has 3 rings (SSSR count). The summed E-state index contributed by atoms with van der Waals surface area (Å²) in [6, 6.07) is 9.91. The lowest BCUT2D eigenvalue weighted by Crippen LogP contribution is -2.32. The molecule has 2 aliphatic rings. The smallest absolute Gasteiger partial charge is 0.333 e. The minimum Gasteiger partial charge on any atom is -0.344 e. The van der Waals surface area contributed by atoms with Crippen LogP contribution >= 0.6 is 0 Å². The number of benzene rings is 1. The molecule has 0 bridgehead atoms. The van der Waals surface area contributed by atoms with E-state index in [2.05, 4.69) is 0 Å². The van der Waals surface area contributed by atoms with Gasteiger partial charge in [-0.15, -0.1) is 0 Å². The third-order valence-corrected chi connectivity index (χ3v) is 4.65. The molecule has 0 radical (unpaired) electrons. The minimum atomic E-state index is -3.98. The zero-order valence-electron chi connectivity index (χ0n) is 12.3. The van der Waals surface area contributed by atoms with E-state index in [9.17, 15) is 8.42 Å². The van der Waals surface area contributed by atoms with Crippen molar-refractivity contribution in [1.82, 2.24) is 0 Å². The molecule has 1 aliphatic heterocycles. The first-order valence-corrected chi connectivity index (χ1v) is 9.00. The van der Waals surface area contributed by atoms with Crippen molar-refractivity contribution in [2.45, 2.75) is 50.1 Å². The molecule has 1 aromatic carbocycles. The van der Waals surface area contributed by atoms with Crippen molar-refractivity contribution >= 4 is 10.3 Å². The molecule has 122 valence electrons. The zero-order valence-corrected chi connectivity index (χ0v) is 13.1. The van der Waals surface area contributed by atoms with Gasteiger partial charge in [0.05, 0.1) is 12.7 Å². The van der Waals surface area contributed by atoms with Gasteiger partial charge >= 0.3 is 10.3 Å². The van der Waals surface area contributed by atoms with E-state index in [0.29, 0.717) is 6.42 Å². The number of hydrogen-bond donors (Lipinski definition) is 1. The first-order chi connectivity index (χ1) is 10.5. The first kappa shape index (κ1) is 15.9. The van der Waals surface area contributed by atoms with Crippen molar-refractivity contribution in [1.29, 1.82) is 0 Å². The molecule has 0 amide bonds. The molecule has 0 aromatic heterocycles. The van der Waals surface area contributed by atoms with E-state index < -0.39 is 22.2 Å². The van der Waals surface area contributed by atoms with Crippen LogP contribution in [0.5, 0.6) is 0 Å². The van der Waals surface area contributed by atoms with Crippen LogP contribution in [0.1, 0.15) is 31.2 Å². The summed E-state index contributed by atoms with van der Waals surface area (Å²) in [6.07, 6.45) is 3.77. The topological polar surface area (TPSA) is 87.9 Å². The highest BCUT2D eigenvalue weighted by molar-refractivity contribution is 7.84. The van der Waals surface area contributed by atoms with Crippen molar-refractivity contribution < 1.29 is 22.1 Å². The predicted molar refractivity (Wildman–Crippen MR) is 80.2 cm³/mol. The fourth-order valence-electron chi connectivity index (χ4n) is 3.20. The maximum Gasteiger partial charge on any atom is 0.333 e. The monoisotopic (exact) mass is 327 g/mol. The quantitative estimate of drug-likeness (QED) is 0.885. The fraction of sp³-hybridized carbons (Fsp3) is 0.600. The highest BCUT2D eigenvalue weighted by Crippen LogP contribution is 2.42. The van der Waals surface area contributed by atoms with Gasteiger partial charge in [0.25, 0.3) is 0 Å². The lowest BCUT2D eigenvalue weighted by atomic mass is 10.0. The molecule has 1 heterocycles. The Morgan fingerprint density at radius 2 is 1.77 bits per heavy atom. The van der Waals surface area contributed by atoms with Crippen molar-refractivity contribution in [3.05, 3.63) is 35.9 Å². The van der Waals surface area contributed by atoms with Gasteiger partial charge in [0, 0.05) is 19.3 Å². The van der Waals surface area contributed by atoms with Gasteiger partial charge in [0.15, 0.2) is 5.79 Å². The summed E-state index contributed by atoms with van der Waals surface area (Å²) in [4.78, 5) is 0. The third-order valence-electron chi connectivity index (χ3n) is 4.19. The van der Waals surface area contributed by atoms with Crippen LogP contribution in [0, 0.1) is 0 Å². The SMILES string of the molecule is NS(=O)(=O)OC[C@H]1OC2(CCCC2)O[C@@H]1Cc1ccccc1. The Bertz CT molecular complexity index is 598. The molecule has 2 N–H and O–H groups in total. The molecule has 6 nitrogen and oxygen atoms in total. The maximum atomic E-state index is 11.0. The third kappa shape index (κ3) is 3.85. The Morgan fingerprint density at radius 1 is 1.14 bits per heavy atom. The van der Waals surface area contributed by atoms with Crippen LogP contribution in [0.15, 0.2) is 30.3 Å². The largest absolute Gasteiger partial charge is 0.344 e. The van der Waals surface area contributed by atoms with Gasteiger partial charge in [0.2, 0.25) is 0 Å². The average molecular weight is 327 g/mol. The van der Waals surface area contributed by atoms with Gasteiger partial charge in [-0.1, -0.05) is 30.3 Å². The van der Waals surface area contributed by atoms with Crippen LogP contribution in [0.25, 0.3) is 0 Å². The van der Waals surface area contributed by atoms with E-state index in [0.717, 1.165) is 31.2 Å². The molecule has 2 fully saturated rings. The summed E-state index contributed by atoms with van der Waals surface area (Å²) >= 11 is 0. The first-order valence-electron chi connectivity index (χ1n) is 7.53. The van der Waals surface area contributed by atoms with Gasteiger partial charge < -0.3 is 9.47 Å². The molecule has 1 aliphatic carbocycles. The molecular formula is C15H21NO5S. The van der Waals surface area contributed by atoms with Gasteiger partial charge in [-0.2, -0.15) is 8.42 Å². The normalized spacial score (nSPS) is 27.5. The van der Waals surface area contributed by atoms with Gasteiger partial charge in [-0.3, -0.25) is 4.18 Å². The number of nitrogens with two attached hydrogens (primary N) is 1.